The Balaban J connectivity index is 1.88. The summed E-state index contributed by atoms with van der Waals surface area (Å²) in [7, 11) is 1.77. The summed E-state index contributed by atoms with van der Waals surface area (Å²) in [5.74, 6) is 1.32. The lowest BCUT2D eigenvalue weighted by atomic mass is 10.1. The molecule has 1 heterocycles. The van der Waals surface area contributed by atoms with E-state index >= 15 is 0 Å². The van der Waals surface area contributed by atoms with Crippen molar-refractivity contribution in [2.75, 3.05) is 25.5 Å². The van der Waals surface area contributed by atoms with Gasteiger partial charge in [0.05, 0.1) is 0 Å². The molecule has 1 saturated heterocycles. The largest absolute Gasteiger partial charge is 0.354 e. The molecule has 1 aliphatic heterocycles. The van der Waals surface area contributed by atoms with Crippen LogP contribution in [0.25, 0.3) is 0 Å². The molecule has 0 saturated carbocycles. The Morgan fingerprint density at radius 1 is 1.24 bits per heavy atom. The Hall–Kier alpha value is -2.24. The van der Waals surface area contributed by atoms with Crippen molar-refractivity contribution < 1.29 is 4.79 Å². The predicted octanol–water partition coefficient (Wildman–Crippen LogP) is 3.02. The molecule has 2 rings (SSSR count). The number of aliphatic imine (C=N–C) groups is 1. The molecule has 1 aromatic rings. The van der Waals surface area contributed by atoms with Crippen LogP contribution in [0.3, 0.4) is 0 Å². The number of carbonyl (C=O) groups is 1. The minimum Gasteiger partial charge on any atom is -0.354 e. The molecule has 138 valence electrons. The van der Waals surface area contributed by atoms with Gasteiger partial charge >= 0.3 is 6.03 Å². The number of anilines is 1. The van der Waals surface area contributed by atoms with Gasteiger partial charge in [-0.15, -0.1) is 0 Å². The second-order valence-corrected chi connectivity index (χ2v) is 6.93. The number of rotatable bonds is 5. The summed E-state index contributed by atoms with van der Waals surface area (Å²) >= 11 is 0. The van der Waals surface area contributed by atoms with Gasteiger partial charge in [0.2, 0.25) is 0 Å². The number of hydrogen-bond donors (Lipinski definition) is 3. The maximum absolute atomic E-state index is 12.2. The molecule has 6 nitrogen and oxygen atoms in total. The molecule has 1 aromatic carbocycles. The van der Waals surface area contributed by atoms with E-state index in [0.29, 0.717) is 18.5 Å². The minimum atomic E-state index is -0.00848. The van der Waals surface area contributed by atoms with Gasteiger partial charge in [-0.25, -0.2) is 4.79 Å². The van der Waals surface area contributed by atoms with E-state index in [4.69, 9.17) is 0 Å². The van der Waals surface area contributed by atoms with Crippen molar-refractivity contribution in [3.05, 3.63) is 29.8 Å². The minimum absolute atomic E-state index is 0.00848. The van der Waals surface area contributed by atoms with Crippen LogP contribution >= 0.6 is 0 Å². The number of nitrogens with one attached hydrogen (secondary N) is 3. The number of hydrogen-bond acceptors (Lipinski definition) is 2. The van der Waals surface area contributed by atoms with E-state index in [2.05, 4.69) is 41.7 Å². The van der Waals surface area contributed by atoms with Gasteiger partial charge in [-0.3, -0.25) is 4.99 Å². The summed E-state index contributed by atoms with van der Waals surface area (Å²) in [6, 6.07) is 8.26. The maximum Gasteiger partial charge on any atom is 0.321 e. The first-order valence-electron chi connectivity index (χ1n) is 9.11. The average molecular weight is 345 g/mol. The molecular weight excluding hydrogens is 314 g/mol. The number of benzene rings is 1. The van der Waals surface area contributed by atoms with Crippen molar-refractivity contribution in [1.29, 1.82) is 0 Å². The van der Waals surface area contributed by atoms with E-state index in [-0.39, 0.29) is 6.03 Å². The van der Waals surface area contributed by atoms with Crippen LogP contribution in [0, 0.1) is 5.92 Å². The highest BCUT2D eigenvalue weighted by molar-refractivity contribution is 5.89. The zero-order chi connectivity index (χ0) is 18.2. The van der Waals surface area contributed by atoms with Crippen molar-refractivity contribution in [1.82, 2.24) is 15.5 Å². The Labute approximate surface area is 151 Å². The summed E-state index contributed by atoms with van der Waals surface area (Å²) < 4.78 is 0. The van der Waals surface area contributed by atoms with Crippen LogP contribution in [0.15, 0.2) is 29.3 Å². The zero-order valence-electron chi connectivity index (χ0n) is 15.8. The van der Waals surface area contributed by atoms with Gasteiger partial charge in [0.1, 0.15) is 0 Å². The van der Waals surface area contributed by atoms with Gasteiger partial charge < -0.3 is 20.9 Å². The second kappa shape index (κ2) is 9.30. The van der Waals surface area contributed by atoms with E-state index in [1.807, 2.05) is 29.2 Å². The lowest BCUT2D eigenvalue weighted by Crippen LogP contribution is -2.43. The first kappa shape index (κ1) is 19.1. The van der Waals surface area contributed by atoms with Crippen LogP contribution in [-0.4, -0.2) is 43.1 Å². The smallest absolute Gasteiger partial charge is 0.321 e. The molecule has 1 aliphatic rings. The van der Waals surface area contributed by atoms with Crippen molar-refractivity contribution in [2.24, 2.45) is 10.9 Å². The third-order valence-corrected chi connectivity index (χ3v) is 4.62. The summed E-state index contributed by atoms with van der Waals surface area (Å²) in [5.41, 5.74) is 1.93. The topological polar surface area (TPSA) is 68.8 Å². The van der Waals surface area contributed by atoms with Crippen LogP contribution in [0.1, 0.15) is 39.2 Å². The number of likely N-dealkylation sites (tertiary alicyclic amines) is 1. The highest BCUT2D eigenvalue weighted by Gasteiger charge is 2.17. The first-order chi connectivity index (χ1) is 12.0. The van der Waals surface area contributed by atoms with Crippen LogP contribution in [0.2, 0.25) is 0 Å². The molecule has 0 aromatic heterocycles. The Morgan fingerprint density at radius 2 is 1.96 bits per heavy atom. The molecule has 6 heteroatoms. The van der Waals surface area contributed by atoms with Gasteiger partial charge in [-0.1, -0.05) is 26.0 Å². The average Bonchev–Trinajstić information content (AvgIpc) is 3.13. The fourth-order valence-electron chi connectivity index (χ4n) is 2.64. The van der Waals surface area contributed by atoms with Crippen molar-refractivity contribution in [3.8, 4) is 0 Å². The number of guanidine groups is 1. The number of nitrogens with zero attached hydrogens (tertiary/aromatic N) is 2. The highest BCUT2D eigenvalue weighted by atomic mass is 16.2. The van der Waals surface area contributed by atoms with Crippen LogP contribution in [0.4, 0.5) is 10.5 Å². The summed E-state index contributed by atoms with van der Waals surface area (Å²) in [4.78, 5) is 18.3. The molecular formula is C19H31N5O. The van der Waals surface area contributed by atoms with E-state index < -0.39 is 0 Å². The normalized spacial score (nSPS) is 16.0. The van der Waals surface area contributed by atoms with Gasteiger partial charge in [0, 0.05) is 38.4 Å². The predicted molar refractivity (Wildman–Crippen MR) is 104 cm³/mol. The van der Waals surface area contributed by atoms with E-state index in [1.54, 1.807) is 7.05 Å². The molecule has 2 amide bonds. The quantitative estimate of drug-likeness (QED) is 0.567. The third-order valence-electron chi connectivity index (χ3n) is 4.62. The molecule has 0 radical (unpaired) electrons. The van der Waals surface area contributed by atoms with Crippen molar-refractivity contribution >= 4 is 17.7 Å². The lowest BCUT2D eigenvalue weighted by molar-refractivity contribution is 0.222. The third kappa shape index (κ3) is 5.96. The van der Waals surface area contributed by atoms with Crippen LogP contribution < -0.4 is 16.0 Å². The van der Waals surface area contributed by atoms with Crippen molar-refractivity contribution in [2.45, 2.75) is 46.2 Å². The number of urea groups is 1. The summed E-state index contributed by atoms with van der Waals surface area (Å²) in [6.45, 7) is 8.85. The van der Waals surface area contributed by atoms with E-state index in [9.17, 15) is 4.79 Å². The lowest BCUT2D eigenvalue weighted by Gasteiger charge is -2.21. The Bertz CT molecular complexity index is 593. The molecule has 0 aliphatic carbocycles. The Kier molecular flexibility index (Phi) is 7.10. The van der Waals surface area contributed by atoms with Gasteiger partial charge in [-0.2, -0.15) is 0 Å². The summed E-state index contributed by atoms with van der Waals surface area (Å²) in [6.07, 6.45) is 2.19. The van der Waals surface area contributed by atoms with Crippen LogP contribution in [0.5, 0.6) is 0 Å². The summed E-state index contributed by atoms with van der Waals surface area (Å²) in [5, 5.41) is 9.69. The first-order valence-corrected chi connectivity index (χ1v) is 9.11. The number of carbonyl (C=O) groups excluding carboxylic acids is 1. The van der Waals surface area contributed by atoms with Gasteiger partial charge in [0.25, 0.3) is 0 Å². The Morgan fingerprint density at radius 3 is 2.60 bits per heavy atom. The van der Waals surface area contributed by atoms with E-state index in [1.165, 1.54) is 0 Å². The second-order valence-electron chi connectivity index (χ2n) is 6.93. The number of amides is 2. The molecule has 25 heavy (non-hydrogen) atoms. The monoisotopic (exact) mass is 345 g/mol. The zero-order valence-corrected chi connectivity index (χ0v) is 15.8. The van der Waals surface area contributed by atoms with Crippen molar-refractivity contribution in [3.63, 3.8) is 0 Å². The molecule has 3 N–H and O–H groups in total. The SMILES string of the molecule is CN=C(NCc1cccc(NC(=O)N2CCCC2)c1)NC(C)C(C)C. The maximum atomic E-state index is 12.2. The fraction of sp³-hybridized carbons (Fsp3) is 0.579. The molecule has 1 fully saturated rings. The molecule has 0 spiro atoms. The van der Waals surface area contributed by atoms with Gasteiger partial charge in [-0.05, 0) is 43.4 Å². The highest BCUT2D eigenvalue weighted by Crippen LogP contribution is 2.14. The fourth-order valence-corrected chi connectivity index (χ4v) is 2.64. The van der Waals surface area contributed by atoms with Crippen LogP contribution in [-0.2, 0) is 6.54 Å². The molecule has 1 unspecified atom stereocenters. The van der Waals surface area contributed by atoms with Gasteiger partial charge in [0.15, 0.2) is 5.96 Å². The molecule has 0 bridgehead atoms. The standard InChI is InChI=1S/C19H31N5O/c1-14(2)15(3)22-18(20-4)21-13-16-8-7-9-17(12-16)23-19(25)24-10-5-6-11-24/h7-9,12,14-15H,5-6,10-11,13H2,1-4H3,(H,23,25)(H2,20,21,22). The van der Waals surface area contributed by atoms with E-state index in [0.717, 1.165) is 43.1 Å². The molecule has 1 atom stereocenters.